The van der Waals surface area contributed by atoms with E-state index in [2.05, 4.69) is 24.9 Å². The second-order valence-corrected chi connectivity index (χ2v) is 4.08. The number of nitriles is 1. The molecular formula is C14H20N2O2. The summed E-state index contributed by atoms with van der Waals surface area (Å²) in [7, 11) is 3.68. The van der Waals surface area contributed by atoms with Crippen LogP contribution in [0.4, 0.5) is 0 Å². The van der Waals surface area contributed by atoms with Gasteiger partial charge >= 0.3 is 0 Å². The number of benzene rings is 1. The zero-order valence-corrected chi connectivity index (χ0v) is 11.3. The molecule has 0 spiro atoms. The van der Waals surface area contributed by atoms with Crippen molar-refractivity contribution in [3.63, 3.8) is 0 Å². The fraction of sp³-hybridized carbons (Fsp3) is 0.500. The predicted octanol–water partition coefficient (Wildman–Crippen LogP) is 2.29. The molecule has 4 nitrogen and oxygen atoms in total. The molecule has 0 fully saturated rings. The molecule has 0 amide bonds. The zero-order valence-electron chi connectivity index (χ0n) is 11.3. The Morgan fingerprint density at radius 1 is 1.33 bits per heavy atom. The summed E-state index contributed by atoms with van der Waals surface area (Å²) in [5, 5.41) is 8.85. The third-order valence-electron chi connectivity index (χ3n) is 2.77. The van der Waals surface area contributed by atoms with Crippen molar-refractivity contribution in [1.29, 1.82) is 5.26 Å². The molecule has 1 aromatic carbocycles. The van der Waals surface area contributed by atoms with Crippen LogP contribution in [0.1, 0.15) is 18.9 Å². The molecule has 0 atom stereocenters. The Bertz CT molecular complexity index is 413. The van der Waals surface area contributed by atoms with Gasteiger partial charge in [-0.1, -0.05) is 6.92 Å². The summed E-state index contributed by atoms with van der Waals surface area (Å²) in [6.45, 7) is 4.78. The fourth-order valence-electron chi connectivity index (χ4n) is 1.53. The van der Waals surface area contributed by atoms with Crippen LogP contribution in [0, 0.1) is 11.3 Å². The maximum absolute atomic E-state index is 8.85. The molecule has 0 radical (unpaired) electrons. The van der Waals surface area contributed by atoms with Crippen LogP contribution in [0.2, 0.25) is 0 Å². The van der Waals surface area contributed by atoms with Crippen molar-refractivity contribution in [3.05, 3.63) is 23.8 Å². The summed E-state index contributed by atoms with van der Waals surface area (Å²) in [6.07, 6.45) is 0.949. The first-order chi connectivity index (χ1) is 8.71. The van der Waals surface area contributed by atoms with Crippen molar-refractivity contribution >= 4 is 0 Å². The van der Waals surface area contributed by atoms with Gasteiger partial charge in [0.2, 0.25) is 0 Å². The fourth-order valence-corrected chi connectivity index (χ4v) is 1.53. The lowest BCUT2D eigenvalue weighted by atomic mass is 10.2. The standard InChI is InChI=1S/C14H20N2O2/c1-4-16(2)8-5-9-18-14-10-12(11-15)6-7-13(14)17-3/h6-7,10H,4-5,8-9H2,1-3H3. The molecule has 0 saturated carbocycles. The summed E-state index contributed by atoms with van der Waals surface area (Å²) in [4.78, 5) is 2.23. The van der Waals surface area contributed by atoms with Crippen molar-refractivity contribution in [2.45, 2.75) is 13.3 Å². The van der Waals surface area contributed by atoms with Crippen LogP contribution in [-0.4, -0.2) is 38.8 Å². The van der Waals surface area contributed by atoms with Crippen LogP contribution < -0.4 is 9.47 Å². The highest BCUT2D eigenvalue weighted by Gasteiger charge is 2.05. The van der Waals surface area contributed by atoms with Gasteiger partial charge in [0.05, 0.1) is 25.3 Å². The lowest BCUT2D eigenvalue weighted by Gasteiger charge is -2.14. The monoisotopic (exact) mass is 248 g/mol. The molecule has 4 heteroatoms. The average Bonchev–Trinajstić information content (AvgIpc) is 2.42. The molecule has 18 heavy (non-hydrogen) atoms. The largest absolute Gasteiger partial charge is 0.493 e. The molecule has 0 aliphatic heterocycles. The van der Waals surface area contributed by atoms with Gasteiger partial charge in [0.1, 0.15) is 0 Å². The topological polar surface area (TPSA) is 45.5 Å². The van der Waals surface area contributed by atoms with Crippen LogP contribution in [0.15, 0.2) is 18.2 Å². The highest BCUT2D eigenvalue weighted by atomic mass is 16.5. The van der Waals surface area contributed by atoms with Crippen molar-refractivity contribution in [2.75, 3.05) is 33.9 Å². The van der Waals surface area contributed by atoms with Crippen LogP contribution in [-0.2, 0) is 0 Å². The number of nitrogens with zero attached hydrogens (tertiary/aromatic N) is 2. The molecule has 0 saturated heterocycles. The number of hydrogen-bond donors (Lipinski definition) is 0. The Morgan fingerprint density at radius 3 is 2.72 bits per heavy atom. The van der Waals surface area contributed by atoms with Gasteiger partial charge in [0.15, 0.2) is 11.5 Å². The molecule has 0 N–H and O–H groups in total. The van der Waals surface area contributed by atoms with Gasteiger partial charge in [-0.3, -0.25) is 0 Å². The van der Waals surface area contributed by atoms with Crippen LogP contribution in [0.25, 0.3) is 0 Å². The van der Waals surface area contributed by atoms with E-state index in [1.165, 1.54) is 0 Å². The van der Waals surface area contributed by atoms with Crippen LogP contribution in [0.5, 0.6) is 11.5 Å². The Morgan fingerprint density at radius 2 is 2.11 bits per heavy atom. The first-order valence-corrected chi connectivity index (χ1v) is 6.10. The van der Waals surface area contributed by atoms with E-state index < -0.39 is 0 Å². The minimum atomic E-state index is 0.580. The summed E-state index contributed by atoms with van der Waals surface area (Å²) in [5.41, 5.74) is 0.580. The number of hydrogen-bond acceptors (Lipinski definition) is 4. The number of ether oxygens (including phenoxy) is 2. The van der Waals surface area contributed by atoms with Crippen molar-refractivity contribution in [2.24, 2.45) is 0 Å². The van der Waals surface area contributed by atoms with Gasteiger partial charge in [-0.05, 0) is 32.1 Å². The Balaban J connectivity index is 2.52. The predicted molar refractivity (Wildman–Crippen MR) is 71.0 cm³/mol. The molecule has 98 valence electrons. The van der Waals surface area contributed by atoms with E-state index >= 15 is 0 Å². The van der Waals surface area contributed by atoms with E-state index in [0.29, 0.717) is 23.7 Å². The molecule has 1 rings (SSSR count). The summed E-state index contributed by atoms with van der Waals surface area (Å²) >= 11 is 0. The molecule has 0 heterocycles. The SMILES string of the molecule is CCN(C)CCCOc1cc(C#N)ccc1OC. The van der Waals surface area contributed by atoms with E-state index in [4.69, 9.17) is 14.7 Å². The van der Waals surface area contributed by atoms with Gasteiger partial charge < -0.3 is 14.4 Å². The summed E-state index contributed by atoms with van der Waals surface area (Å²) in [5.74, 6) is 1.30. The van der Waals surface area contributed by atoms with Gasteiger partial charge in [0, 0.05) is 12.6 Å². The Kier molecular flexibility index (Phi) is 6.03. The smallest absolute Gasteiger partial charge is 0.162 e. The molecule has 1 aromatic rings. The van der Waals surface area contributed by atoms with E-state index in [1.807, 2.05) is 0 Å². The first kappa shape index (κ1) is 14.3. The lowest BCUT2D eigenvalue weighted by molar-refractivity contribution is 0.258. The lowest BCUT2D eigenvalue weighted by Crippen LogP contribution is -2.20. The number of rotatable bonds is 7. The highest BCUT2D eigenvalue weighted by Crippen LogP contribution is 2.27. The third kappa shape index (κ3) is 4.27. The van der Waals surface area contributed by atoms with E-state index in [0.717, 1.165) is 19.5 Å². The van der Waals surface area contributed by atoms with E-state index in [9.17, 15) is 0 Å². The van der Waals surface area contributed by atoms with Gasteiger partial charge in [-0.15, -0.1) is 0 Å². The zero-order chi connectivity index (χ0) is 13.4. The van der Waals surface area contributed by atoms with Crippen LogP contribution in [0.3, 0.4) is 0 Å². The third-order valence-corrected chi connectivity index (χ3v) is 2.77. The van der Waals surface area contributed by atoms with E-state index in [-0.39, 0.29) is 0 Å². The maximum atomic E-state index is 8.85. The molecule has 0 bridgehead atoms. The van der Waals surface area contributed by atoms with Gasteiger partial charge in [0.25, 0.3) is 0 Å². The second kappa shape index (κ2) is 7.57. The molecule has 0 aliphatic rings. The normalized spacial score (nSPS) is 10.2. The Labute approximate surface area is 109 Å². The van der Waals surface area contributed by atoms with Crippen molar-refractivity contribution in [1.82, 2.24) is 4.90 Å². The second-order valence-electron chi connectivity index (χ2n) is 4.08. The summed E-state index contributed by atoms with van der Waals surface area (Å²) in [6, 6.07) is 7.28. The van der Waals surface area contributed by atoms with E-state index in [1.54, 1.807) is 25.3 Å². The molecular weight excluding hydrogens is 228 g/mol. The molecule has 0 unspecified atom stereocenters. The highest BCUT2D eigenvalue weighted by molar-refractivity contribution is 5.46. The summed E-state index contributed by atoms with van der Waals surface area (Å²) < 4.78 is 10.9. The maximum Gasteiger partial charge on any atom is 0.162 e. The molecule has 0 aromatic heterocycles. The van der Waals surface area contributed by atoms with Gasteiger partial charge in [-0.2, -0.15) is 5.26 Å². The average molecular weight is 248 g/mol. The first-order valence-electron chi connectivity index (χ1n) is 6.10. The van der Waals surface area contributed by atoms with Crippen LogP contribution >= 0.6 is 0 Å². The molecule has 0 aliphatic carbocycles. The van der Waals surface area contributed by atoms with Gasteiger partial charge in [-0.25, -0.2) is 0 Å². The minimum Gasteiger partial charge on any atom is -0.493 e. The number of methoxy groups -OCH3 is 1. The Hall–Kier alpha value is -1.73. The van der Waals surface area contributed by atoms with Crippen molar-refractivity contribution in [3.8, 4) is 17.6 Å². The van der Waals surface area contributed by atoms with Crippen molar-refractivity contribution < 1.29 is 9.47 Å². The quantitative estimate of drug-likeness (QED) is 0.694. The minimum absolute atomic E-state index is 0.580.